The van der Waals surface area contributed by atoms with Gasteiger partial charge in [0.05, 0.1) is 11.6 Å². The standard InChI is InChI=1S/C21H24FN3O3/c1-24(2)18(15-7-5-8-16(22)13-15)14-23-20(26)11-6-12-25-17-9-3-4-10-19(17)28-21(25)27/h3-5,7-10,13,18H,6,11-12,14H2,1-2H3,(H,23,26)/t18-/m1/s1. The maximum atomic E-state index is 13.5. The second-order valence-electron chi connectivity index (χ2n) is 6.93. The Morgan fingerprint density at radius 1 is 1.21 bits per heavy atom. The number of likely N-dealkylation sites (N-methyl/N-ethyl adjacent to an activating group) is 1. The maximum Gasteiger partial charge on any atom is 0.419 e. The van der Waals surface area contributed by atoms with Crippen LogP contribution in [0.3, 0.4) is 0 Å². The van der Waals surface area contributed by atoms with Crippen molar-refractivity contribution in [2.45, 2.75) is 25.4 Å². The zero-order valence-corrected chi connectivity index (χ0v) is 16.0. The molecule has 0 spiro atoms. The van der Waals surface area contributed by atoms with Gasteiger partial charge in [-0.25, -0.2) is 9.18 Å². The third kappa shape index (κ3) is 4.67. The minimum absolute atomic E-state index is 0.107. The van der Waals surface area contributed by atoms with Gasteiger partial charge in [0.1, 0.15) is 5.82 Å². The van der Waals surface area contributed by atoms with Gasteiger partial charge < -0.3 is 14.6 Å². The number of para-hydroxylation sites is 2. The zero-order chi connectivity index (χ0) is 20.1. The Bertz CT molecular complexity index is 1010. The van der Waals surface area contributed by atoms with Crippen LogP contribution in [0.2, 0.25) is 0 Å². The number of carbonyl (C=O) groups excluding carboxylic acids is 1. The van der Waals surface area contributed by atoms with Crippen molar-refractivity contribution in [1.29, 1.82) is 0 Å². The van der Waals surface area contributed by atoms with Crippen molar-refractivity contribution < 1.29 is 13.6 Å². The molecule has 0 aliphatic carbocycles. The first-order valence-corrected chi connectivity index (χ1v) is 9.22. The van der Waals surface area contributed by atoms with Crippen molar-refractivity contribution in [3.05, 3.63) is 70.5 Å². The average Bonchev–Trinajstić information content (AvgIpc) is 2.97. The van der Waals surface area contributed by atoms with Crippen LogP contribution >= 0.6 is 0 Å². The number of hydrogen-bond acceptors (Lipinski definition) is 4. The molecule has 28 heavy (non-hydrogen) atoms. The molecule has 0 radical (unpaired) electrons. The summed E-state index contributed by atoms with van der Waals surface area (Å²) in [7, 11) is 3.77. The second-order valence-corrected chi connectivity index (χ2v) is 6.93. The van der Waals surface area contributed by atoms with Gasteiger partial charge in [0.25, 0.3) is 0 Å². The Morgan fingerprint density at radius 2 is 2.00 bits per heavy atom. The summed E-state index contributed by atoms with van der Waals surface area (Å²) in [5.74, 6) is -0.821. The SMILES string of the molecule is CN(C)[C@H](CNC(=O)CCCn1c(=O)oc2ccccc21)c1cccc(F)c1. The van der Waals surface area contributed by atoms with Gasteiger partial charge in [-0.3, -0.25) is 9.36 Å². The summed E-state index contributed by atoms with van der Waals surface area (Å²) in [6.07, 6.45) is 0.803. The molecule has 1 atom stereocenters. The average molecular weight is 385 g/mol. The summed E-state index contributed by atoms with van der Waals surface area (Å²) < 4.78 is 20.2. The van der Waals surface area contributed by atoms with E-state index in [9.17, 15) is 14.0 Å². The number of halogens is 1. The molecule has 1 aromatic heterocycles. The van der Waals surface area contributed by atoms with E-state index in [0.717, 1.165) is 11.1 Å². The maximum absolute atomic E-state index is 13.5. The van der Waals surface area contributed by atoms with Gasteiger partial charge >= 0.3 is 5.76 Å². The molecule has 0 bridgehead atoms. The Hall–Kier alpha value is -2.93. The van der Waals surface area contributed by atoms with Crippen LogP contribution in [0.4, 0.5) is 4.39 Å². The van der Waals surface area contributed by atoms with E-state index in [1.165, 1.54) is 16.7 Å². The van der Waals surface area contributed by atoms with E-state index in [-0.39, 0.29) is 24.2 Å². The predicted molar refractivity (Wildman–Crippen MR) is 106 cm³/mol. The minimum atomic E-state index is -0.416. The zero-order valence-electron chi connectivity index (χ0n) is 16.0. The number of amides is 1. The fourth-order valence-electron chi connectivity index (χ4n) is 3.23. The number of aryl methyl sites for hydroxylation is 1. The van der Waals surface area contributed by atoms with Gasteiger partial charge in [0, 0.05) is 19.5 Å². The molecule has 0 unspecified atom stereocenters. The third-order valence-electron chi connectivity index (χ3n) is 4.71. The lowest BCUT2D eigenvalue weighted by molar-refractivity contribution is -0.121. The summed E-state index contributed by atoms with van der Waals surface area (Å²) in [5, 5.41) is 2.90. The Morgan fingerprint density at radius 3 is 2.75 bits per heavy atom. The van der Waals surface area contributed by atoms with Crippen LogP contribution in [0, 0.1) is 5.82 Å². The van der Waals surface area contributed by atoms with Crippen LogP contribution in [-0.2, 0) is 11.3 Å². The molecular formula is C21H24FN3O3. The first-order chi connectivity index (χ1) is 13.5. The van der Waals surface area contributed by atoms with Crippen LogP contribution < -0.4 is 11.1 Å². The van der Waals surface area contributed by atoms with Crippen molar-refractivity contribution in [3.8, 4) is 0 Å². The Kier molecular flexibility index (Phi) is 6.26. The lowest BCUT2D eigenvalue weighted by Crippen LogP contribution is -2.34. The molecule has 1 heterocycles. The smallest absolute Gasteiger partial charge is 0.408 e. The van der Waals surface area contributed by atoms with E-state index in [0.29, 0.717) is 25.1 Å². The van der Waals surface area contributed by atoms with E-state index in [1.807, 2.05) is 43.3 Å². The van der Waals surface area contributed by atoms with Crippen molar-refractivity contribution >= 4 is 17.0 Å². The first kappa shape index (κ1) is 19.8. The van der Waals surface area contributed by atoms with E-state index in [1.54, 1.807) is 12.1 Å². The summed E-state index contributed by atoms with van der Waals surface area (Å²) in [4.78, 5) is 26.1. The molecule has 0 fully saturated rings. The fourth-order valence-corrected chi connectivity index (χ4v) is 3.23. The van der Waals surface area contributed by atoms with E-state index in [4.69, 9.17) is 4.42 Å². The number of benzene rings is 2. The van der Waals surface area contributed by atoms with Crippen LogP contribution in [-0.4, -0.2) is 36.0 Å². The molecule has 1 N–H and O–H groups in total. The normalized spacial score (nSPS) is 12.4. The molecule has 3 rings (SSSR count). The molecule has 7 heteroatoms. The number of oxazole rings is 1. The number of nitrogens with zero attached hydrogens (tertiary/aromatic N) is 2. The predicted octanol–water partition coefficient (Wildman–Crippen LogP) is 2.93. The van der Waals surface area contributed by atoms with Crippen LogP contribution in [0.1, 0.15) is 24.4 Å². The number of rotatable bonds is 8. The molecule has 0 saturated heterocycles. The van der Waals surface area contributed by atoms with Crippen molar-refractivity contribution in [2.75, 3.05) is 20.6 Å². The van der Waals surface area contributed by atoms with Crippen molar-refractivity contribution in [3.63, 3.8) is 0 Å². The molecule has 148 valence electrons. The first-order valence-electron chi connectivity index (χ1n) is 9.22. The van der Waals surface area contributed by atoms with Gasteiger partial charge in [0.2, 0.25) is 5.91 Å². The van der Waals surface area contributed by atoms with Gasteiger partial charge in [-0.15, -0.1) is 0 Å². The number of carbonyl (C=O) groups is 1. The topological polar surface area (TPSA) is 67.5 Å². The molecule has 0 aliphatic heterocycles. The van der Waals surface area contributed by atoms with Crippen molar-refractivity contribution in [2.24, 2.45) is 0 Å². The number of aromatic nitrogens is 1. The summed E-state index contributed by atoms with van der Waals surface area (Å²) in [6.45, 7) is 0.786. The third-order valence-corrected chi connectivity index (χ3v) is 4.71. The van der Waals surface area contributed by atoms with Gasteiger partial charge in [-0.05, 0) is 50.3 Å². The molecule has 6 nitrogen and oxygen atoms in total. The molecule has 0 saturated carbocycles. The highest BCUT2D eigenvalue weighted by atomic mass is 19.1. The fraction of sp³-hybridized carbons (Fsp3) is 0.333. The highest BCUT2D eigenvalue weighted by molar-refractivity contribution is 5.76. The van der Waals surface area contributed by atoms with Gasteiger partial charge in [-0.2, -0.15) is 0 Å². The lowest BCUT2D eigenvalue weighted by atomic mass is 10.1. The van der Waals surface area contributed by atoms with Crippen molar-refractivity contribution in [1.82, 2.24) is 14.8 Å². The number of nitrogens with one attached hydrogen (secondary N) is 1. The molecule has 2 aromatic carbocycles. The van der Waals surface area contributed by atoms with E-state index >= 15 is 0 Å². The van der Waals surface area contributed by atoms with Crippen LogP contribution in [0.25, 0.3) is 11.1 Å². The van der Waals surface area contributed by atoms with Crippen LogP contribution in [0.15, 0.2) is 57.7 Å². The Balaban J connectivity index is 1.53. The summed E-state index contributed by atoms with van der Waals surface area (Å²) >= 11 is 0. The Labute approximate surface area is 162 Å². The quantitative estimate of drug-likeness (QED) is 0.647. The number of fused-ring (bicyclic) bond motifs is 1. The molecular weight excluding hydrogens is 361 g/mol. The van der Waals surface area contributed by atoms with E-state index < -0.39 is 5.76 Å². The molecule has 0 aliphatic rings. The van der Waals surface area contributed by atoms with Gasteiger partial charge in [0.15, 0.2) is 5.58 Å². The molecule has 3 aromatic rings. The van der Waals surface area contributed by atoms with Crippen LogP contribution in [0.5, 0.6) is 0 Å². The second kappa shape index (κ2) is 8.84. The highest BCUT2D eigenvalue weighted by Crippen LogP contribution is 2.18. The van der Waals surface area contributed by atoms with E-state index in [2.05, 4.69) is 5.32 Å². The minimum Gasteiger partial charge on any atom is -0.408 e. The largest absolute Gasteiger partial charge is 0.419 e. The monoisotopic (exact) mass is 385 g/mol. The highest BCUT2D eigenvalue weighted by Gasteiger charge is 2.16. The summed E-state index contributed by atoms with van der Waals surface area (Å²) in [6, 6.07) is 13.5. The van der Waals surface area contributed by atoms with Gasteiger partial charge in [-0.1, -0.05) is 24.3 Å². The number of hydrogen-bond donors (Lipinski definition) is 1. The summed E-state index contributed by atoms with van der Waals surface area (Å²) in [5.41, 5.74) is 2.08. The lowest BCUT2D eigenvalue weighted by Gasteiger charge is -2.25. The molecule has 1 amide bonds.